The predicted molar refractivity (Wildman–Crippen MR) is 97.7 cm³/mol. The van der Waals surface area contributed by atoms with Gasteiger partial charge in [-0.15, -0.1) is 11.3 Å². The summed E-state index contributed by atoms with van der Waals surface area (Å²) in [6, 6.07) is 7.38. The lowest BCUT2D eigenvalue weighted by molar-refractivity contribution is -0.134. The number of carbonyl (C=O) groups excluding carboxylic acids is 2. The van der Waals surface area contributed by atoms with Crippen LogP contribution in [0.25, 0.3) is 0 Å². The van der Waals surface area contributed by atoms with E-state index >= 15 is 0 Å². The summed E-state index contributed by atoms with van der Waals surface area (Å²) < 4.78 is 15.9. The lowest BCUT2D eigenvalue weighted by Gasteiger charge is -2.21. The first kappa shape index (κ1) is 18.3. The van der Waals surface area contributed by atoms with Gasteiger partial charge in [-0.05, 0) is 44.5 Å². The van der Waals surface area contributed by atoms with Gasteiger partial charge in [-0.1, -0.05) is 6.07 Å². The van der Waals surface area contributed by atoms with Gasteiger partial charge in [0.05, 0.1) is 5.56 Å². The van der Waals surface area contributed by atoms with Gasteiger partial charge < -0.3 is 19.1 Å². The highest BCUT2D eigenvalue weighted by molar-refractivity contribution is 7.12. The number of fused-ring (bicyclic) bond motifs is 1. The smallest absolute Gasteiger partial charge is 0.339 e. The Kier molecular flexibility index (Phi) is 5.46. The van der Waals surface area contributed by atoms with E-state index in [1.807, 2.05) is 39.0 Å². The molecule has 1 amide bonds. The SMILES string of the molecule is CCN(Cc1ccc2c(c1)OCO2)C(=O)COC(=O)c1cc(C)sc1C. The first-order chi connectivity index (χ1) is 12.5. The molecule has 26 heavy (non-hydrogen) atoms. The fourth-order valence-electron chi connectivity index (χ4n) is 2.77. The van der Waals surface area contributed by atoms with Crippen LogP contribution in [0.3, 0.4) is 0 Å². The molecule has 0 spiro atoms. The number of nitrogens with zero attached hydrogens (tertiary/aromatic N) is 1. The third-order valence-corrected chi connectivity index (χ3v) is 5.10. The summed E-state index contributed by atoms with van der Waals surface area (Å²) in [6.45, 7) is 6.57. The van der Waals surface area contributed by atoms with Crippen LogP contribution in [0, 0.1) is 13.8 Å². The molecular formula is C19H21NO5S. The number of esters is 1. The zero-order chi connectivity index (χ0) is 18.7. The molecule has 0 bridgehead atoms. The fraction of sp³-hybridized carbons (Fsp3) is 0.368. The number of aryl methyl sites for hydroxylation is 2. The van der Waals surface area contributed by atoms with Crippen LogP contribution >= 0.6 is 11.3 Å². The van der Waals surface area contributed by atoms with Crippen LogP contribution in [-0.2, 0) is 16.1 Å². The maximum Gasteiger partial charge on any atom is 0.339 e. The summed E-state index contributed by atoms with van der Waals surface area (Å²) in [7, 11) is 0. The van der Waals surface area contributed by atoms with E-state index in [0.29, 0.717) is 30.2 Å². The highest BCUT2D eigenvalue weighted by atomic mass is 32.1. The molecule has 1 aliphatic heterocycles. The van der Waals surface area contributed by atoms with E-state index in [1.165, 1.54) is 11.3 Å². The van der Waals surface area contributed by atoms with Crippen molar-refractivity contribution in [2.75, 3.05) is 19.9 Å². The molecule has 138 valence electrons. The van der Waals surface area contributed by atoms with E-state index in [1.54, 1.807) is 11.0 Å². The zero-order valence-electron chi connectivity index (χ0n) is 15.0. The van der Waals surface area contributed by atoms with Crippen molar-refractivity contribution in [1.82, 2.24) is 4.90 Å². The van der Waals surface area contributed by atoms with Crippen LogP contribution in [0.1, 0.15) is 32.6 Å². The highest BCUT2D eigenvalue weighted by Crippen LogP contribution is 2.32. The Hall–Kier alpha value is -2.54. The third-order valence-electron chi connectivity index (χ3n) is 4.13. The number of ether oxygens (including phenoxy) is 3. The molecule has 0 saturated heterocycles. The summed E-state index contributed by atoms with van der Waals surface area (Å²) in [5.41, 5.74) is 1.46. The normalized spacial score (nSPS) is 12.1. The molecule has 0 N–H and O–H groups in total. The molecule has 0 saturated carbocycles. The second-order valence-corrected chi connectivity index (χ2v) is 7.46. The van der Waals surface area contributed by atoms with Gasteiger partial charge in [0, 0.05) is 22.8 Å². The third kappa shape index (κ3) is 3.99. The molecule has 7 heteroatoms. The number of hydrogen-bond donors (Lipinski definition) is 0. The van der Waals surface area contributed by atoms with Gasteiger partial charge in [0.2, 0.25) is 6.79 Å². The second kappa shape index (κ2) is 7.78. The quantitative estimate of drug-likeness (QED) is 0.725. The van der Waals surface area contributed by atoms with Gasteiger partial charge >= 0.3 is 5.97 Å². The lowest BCUT2D eigenvalue weighted by Crippen LogP contribution is -2.34. The molecule has 0 unspecified atom stereocenters. The minimum atomic E-state index is -0.459. The van der Waals surface area contributed by atoms with Gasteiger partial charge in [0.1, 0.15) is 0 Å². The molecule has 2 heterocycles. The van der Waals surface area contributed by atoms with Crippen molar-refractivity contribution >= 4 is 23.2 Å². The van der Waals surface area contributed by atoms with Crippen molar-refractivity contribution in [2.45, 2.75) is 27.3 Å². The Morgan fingerprint density at radius 2 is 1.96 bits per heavy atom. The van der Waals surface area contributed by atoms with Crippen LogP contribution in [0.15, 0.2) is 24.3 Å². The first-order valence-corrected chi connectivity index (χ1v) is 9.20. The van der Waals surface area contributed by atoms with Crippen LogP contribution in [-0.4, -0.2) is 36.7 Å². The van der Waals surface area contributed by atoms with E-state index in [-0.39, 0.29) is 19.3 Å². The highest BCUT2D eigenvalue weighted by Gasteiger charge is 2.19. The fourth-order valence-corrected chi connectivity index (χ4v) is 3.68. The van der Waals surface area contributed by atoms with Gasteiger partial charge in [0.25, 0.3) is 5.91 Å². The zero-order valence-corrected chi connectivity index (χ0v) is 15.9. The van der Waals surface area contributed by atoms with E-state index in [4.69, 9.17) is 14.2 Å². The molecule has 3 rings (SSSR count). The van der Waals surface area contributed by atoms with E-state index in [0.717, 1.165) is 15.3 Å². The molecule has 1 aromatic carbocycles. The van der Waals surface area contributed by atoms with Gasteiger partial charge in [-0.3, -0.25) is 4.79 Å². The Bertz CT molecular complexity index is 829. The minimum absolute atomic E-state index is 0.215. The molecular weight excluding hydrogens is 354 g/mol. The molecule has 0 atom stereocenters. The molecule has 0 aliphatic carbocycles. The Morgan fingerprint density at radius 3 is 2.65 bits per heavy atom. The molecule has 0 radical (unpaired) electrons. The van der Waals surface area contributed by atoms with Crippen LogP contribution in [0.2, 0.25) is 0 Å². The first-order valence-electron chi connectivity index (χ1n) is 8.38. The Balaban J connectivity index is 1.58. The number of hydrogen-bond acceptors (Lipinski definition) is 6. The van der Waals surface area contributed by atoms with Crippen molar-refractivity contribution in [2.24, 2.45) is 0 Å². The summed E-state index contributed by atoms with van der Waals surface area (Å²) in [5, 5.41) is 0. The largest absolute Gasteiger partial charge is 0.454 e. The van der Waals surface area contributed by atoms with Crippen molar-refractivity contribution in [3.8, 4) is 11.5 Å². The standard InChI is InChI=1S/C19H21NO5S/c1-4-20(9-14-5-6-16-17(8-14)25-11-24-16)18(21)10-23-19(22)15-7-12(2)26-13(15)3/h5-8H,4,9-11H2,1-3H3. The van der Waals surface area contributed by atoms with Crippen molar-refractivity contribution in [3.05, 3.63) is 45.1 Å². The van der Waals surface area contributed by atoms with Crippen LogP contribution in [0.5, 0.6) is 11.5 Å². The number of likely N-dealkylation sites (N-methyl/N-ethyl adjacent to an activating group) is 1. The van der Waals surface area contributed by atoms with Gasteiger partial charge in [-0.2, -0.15) is 0 Å². The summed E-state index contributed by atoms with van der Waals surface area (Å²) in [4.78, 5) is 28.2. The number of benzene rings is 1. The average Bonchev–Trinajstić information content (AvgIpc) is 3.22. The van der Waals surface area contributed by atoms with Gasteiger partial charge in [-0.25, -0.2) is 4.79 Å². The van der Waals surface area contributed by atoms with Crippen LogP contribution in [0.4, 0.5) is 0 Å². The average molecular weight is 375 g/mol. The number of amides is 1. The van der Waals surface area contributed by atoms with Crippen molar-refractivity contribution in [1.29, 1.82) is 0 Å². The molecule has 1 aromatic heterocycles. The maximum absolute atomic E-state index is 12.4. The van der Waals surface area contributed by atoms with Crippen molar-refractivity contribution in [3.63, 3.8) is 0 Å². The van der Waals surface area contributed by atoms with Crippen molar-refractivity contribution < 1.29 is 23.8 Å². The molecule has 0 fully saturated rings. The summed E-state index contributed by atoms with van der Waals surface area (Å²) >= 11 is 1.54. The van der Waals surface area contributed by atoms with Crippen LogP contribution < -0.4 is 9.47 Å². The Morgan fingerprint density at radius 1 is 1.19 bits per heavy atom. The number of carbonyl (C=O) groups is 2. The maximum atomic E-state index is 12.4. The lowest BCUT2D eigenvalue weighted by atomic mass is 10.2. The second-order valence-electron chi connectivity index (χ2n) is 6.00. The molecule has 1 aliphatic rings. The monoisotopic (exact) mass is 375 g/mol. The summed E-state index contributed by atoms with van der Waals surface area (Å²) in [5.74, 6) is 0.696. The molecule has 6 nitrogen and oxygen atoms in total. The molecule has 2 aromatic rings. The Labute approximate surface area is 156 Å². The van der Waals surface area contributed by atoms with E-state index in [9.17, 15) is 9.59 Å². The van der Waals surface area contributed by atoms with E-state index < -0.39 is 5.97 Å². The van der Waals surface area contributed by atoms with Gasteiger partial charge in [0.15, 0.2) is 18.1 Å². The topological polar surface area (TPSA) is 65.1 Å². The number of thiophene rings is 1. The van der Waals surface area contributed by atoms with E-state index in [2.05, 4.69) is 0 Å². The number of rotatable bonds is 6. The summed E-state index contributed by atoms with van der Waals surface area (Å²) in [6.07, 6.45) is 0. The predicted octanol–water partition coefficient (Wildman–Crippen LogP) is 3.30. The minimum Gasteiger partial charge on any atom is -0.454 e.